The molecule has 0 radical (unpaired) electrons. The zero-order valence-corrected chi connectivity index (χ0v) is 16.1. The Labute approximate surface area is 158 Å². The smallest absolute Gasteiger partial charge is 0.272 e. The summed E-state index contributed by atoms with van der Waals surface area (Å²) in [7, 11) is -1.42. The summed E-state index contributed by atoms with van der Waals surface area (Å²) in [4.78, 5) is 18.2. The van der Waals surface area contributed by atoms with E-state index >= 15 is 0 Å². The lowest BCUT2D eigenvalue weighted by Gasteiger charge is -2.23. The van der Waals surface area contributed by atoms with Crippen molar-refractivity contribution in [1.29, 1.82) is 0 Å². The summed E-state index contributed by atoms with van der Waals surface area (Å²) in [6, 6.07) is 8.66. The van der Waals surface area contributed by atoms with E-state index < -0.39 is 9.84 Å². The molecule has 2 heterocycles. The fourth-order valence-corrected chi connectivity index (χ4v) is 4.85. The zero-order chi connectivity index (χ0) is 18.9. The van der Waals surface area contributed by atoms with Gasteiger partial charge in [-0.05, 0) is 43.2 Å². The first-order valence-electron chi connectivity index (χ1n) is 8.22. The number of sulfone groups is 1. The van der Waals surface area contributed by atoms with Crippen molar-refractivity contribution in [2.24, 2.45) is 0 Å². The summed E-state index contributed by atoms with van der Waals surface area (Å²) in [5, 5.41) is 3.85. The number of hydrogen-bond acceptors (Lipinski definition) is 5. The van der Waals surface area contributed by atoms with E-state index in [0.717, 1.165) is 16.9 Å². The van der Waals surface area contributed by atoms with Crippen molar-refractivity contribution in [3.05, 3.63) is 52.8 Å². The molecule has 1 N–H and O–H groups in total. The minimum absolute atomic E-state index is 0.0168. The van der Waals surface area contributed by atoms with Gasteiger partial charge in [0.2, 0.25) is 0 Å². The van der Waals surface area contributed by atoms with Crippen LogP contribution in [0.2, 0.25) is 5.02 Å². The van der Waals surface area contributed by atoms with Crippen molar-refractivity contribution in [2.45, 2.75) is 19.4 Å². The molecule has 138 valence electrons. The highest BCUT2D eigenvalue weighted by atomic mass is 35.5. The topological polar surface area (TPSA) is 79.4 Å². The third-order valence-electron chi connectivity index (χ3n) is 4.54. The van der Waals surface area contributed by atoms with Gasteiger partial charge in [-0.15, -0.1) is 0 Å². The summed E-state index contributed by atoms with van der Waals surface area (Å²) in [5.41, 5.74) is 2.92. The molecule has 1 amide bonds. The van der Waals surface area contributed by atoms with Crippen molar-refractivity contribution >= 4 is 38.7 Å². The summed E-state index contributed by atoms with van der Waals surface area (Å²) < 4.78 is 23.2. The van der Waals surface area contributed by atoms with Crippen LogP contribution in [0.3, 0.4) is 0 Å². The number of hydrogen-bond donors (Lipinski definition) is 1. The van der Waals surface area contributed by atoms with E-state index in [1.54, 1.807) is 25.4 Å². The van der Waals surface area contributed by atoms with Crippen LogP contribution in [0.5, 0.6) is 0 Å². The molecule has 1 atom stereocenters. The van der Waals surface area contributed by atoms with Gasteiger partial charge in [0.15, 0.2) is 9.84 Å². The minimum atomic E-state index is -3.04. The van der Waals surface area contributed by atoms with Crippen molar-refractivity contribution in [3.63, 3.8) is 0 Å². The first-order chi connectivity index (χ1) is 12.2. The molecule has 1 saturated heterocycles. The van der Waals surface area contributed by atoms with Crippen LogP contribution in [0.4, 0.5) is 11.4 Å². The lowest BCUT2D eigenvalue weighted by molar-refractivity contribution is 0.0742. The van der Waals surface area contributed by atoms with E-state index in [1.165, 1.54) is 4.90 Å². The Kier molecular flexibility index (Phi) is 5.20. The molecular weight excluding hydrogens is 374 g/mol. The van der Waals surface area contributed by atoms with Gasteiger partial charge >= 0.3 is 0 Å². The molecular formula is C18H20ClN3O3S. The molecule has 3 rings (SSSR count). The summed E-state index contributed by atoms with van der Waals surface area (Å²) >= 11 is 6.02. The van der Waals surface area contributed by atoms with E-state index in [9.17, 15) is 13.2 Å². The van der Waals surface area contributed by atoms with E-state index in [0.29, 0.717) is 11.4 Å². The lowest BCUT2D eigenvalue weighted by Crippen LogP contribution is -2.38. The van der Waals surface area contributed by atoms with Gasteiger partial charge in [-0.25, -0.2) is 13.4 Å². The van der Waals surface area contributed by atoms with Gasteiger partial charge in [0.05, 0.1) is 23.4 Å². The van der Waals surface area contributed by atoms with Crippen LogP contribution < -0.4 is 5.32 Å². The SMILES string of the molecule is Cc1ccc(Cl)cc1Nc1ccc(C(=O)N(C)C2CCS(=O)(=O)C2)nc1. The number of benzene rings is 1. The van der Waals surface area contributed by atoms with Crippen molar-refractivity contribution in [1.82, 2.24) is 9.88 Å². The number of nitrogens with one attached hydrogen (secondary N) is 1. The predicted molar refractivity (Wildman–Crippen MR) is 103 cm³/mol. The summed E-state index contributed by atoms with van der Waals surface area (Å²) in [5.74, 6) is -0.134. The van der Waals surface area contributed by atoms with Gasteiger partial charge < -0.3 is 10.2 Å². The standard InChI is InChI=1S/C18H20ClN3O3S/c1-12-3-4-13(19)9-17(12)21-14-5-6-16(20-10-14)18(23)22(2)15-7-8-26(24,25)11-15/h3-6,9-10,15,21H,7-8,11H2,1-2H3. The van der Waals surface area contributed by atoms with E-state index in [1.807, 2.05) is 25.1 Å². The molecule has 1 fully saturated rings. The maximum Gasteiger partial charge on any atom is 0.272 e. The lowest BCUT2D eigenvalue weighted by atomic mass is 10.2. The summed E-state index contributed by atoms with van der Waals surface area (Å²) in [6.07, 6.45) is 2.05. The number of nitrogens with zero attached hydrogens (tertiary/aromatic N) is 2. The number of carbonyl (C=O) groups excluding carboxylic acids is 1. The molecule has 0 bridgehead atoms. The van der Waals surface area contributed by atoms with Crippen LogP contribution in [0.1, 0.15) is 22.5 Å². The maximum atomic E-state index is 12.5. The molecule has 1 aromatic heterocycles. The highest BCUT2D eigenvalue weighted by molar-refractivity contribution is 7.91. The highest BCUT2D eigenvalue weighted by Gasteiger charge is 2.33. The quantitative estimate of drug-likeness (QED) is 0.863. The Morgan fingerprint density at radius 2 is 2.08 bits per heavy atom. The van der Waals surface area contributed by atoms with Gasteiger partial charge in [0, 0.05) is 23.8 Å². The van der Waals surface area contributed by atoms with Gasteiger partial charge in [0.1, 0.15) is 5.69 Å². The van der Waals surface area contributed by atoms with Crippen LogP contribution in [0.15, 0.2) is 36.5 Å². The molecule has 0 saturated carbocycles. The molecule has 0 aliphatic carbocycles. The number of pyridine rings is 1. The van der Waals surface area contributed by atoms with E-state index in [2.05, 4.69) is 10.3 Å². The molecule has 8 heteroatoms. The Balaban J connectivity index is 1.71. The Hall–Kier alpha value is -2.12. The Morgan fingerprint density at radius 1 is 1.31 bits per heavy atom. The average molecular weight is 394 g/mol. The number of carbonyl (C=O) groups is 1. The second-order valence-electron chi connectivity index (χ2n) is 6.49. The maximum absolute atomic E-state index is 12.5. The third-order valence-corrected chi connectivity index (χ3v) is 6.52. The molecule has 0 spiro atoms. The monoisotopic (exact) mass is 393 g/mol. The number of rotatable bonds is 4. The average Bonchev–Trinajstić information content (AvgIpc) is 2.97. The predicted octanol–water partition coefficient (Wildman–Crippen LogP) is 3.05. The van der Waals surface area contributed by atoms with Crippen LogP contribution >= 0.6 is 11.6 Å². The first kappa shape index (κ1) is 18.7. The number of aryl methyl sites for hydroxylation is 1. The van der Waals surface area contributed by atoms with E-state index in [-0.39, 0.29) is 29.1 Å². The fourth-order valence-electron chi connectivity index (χ4n) is 2.91. The zero-order valence-electron chi connectivity index (χ0n) is 14.6. The van der Waals surface area contributed by atoms with Crippen LogP contribution in [0.25, 0.3) is 0 Å². The molecule has 1 unspecified atom stereocenters. The van der Waals surface area contributed by atoms with Crippen molar-refractivity contribution in [2.75, 3.05) is 23.9 Å². The molecule has 2 aromatic rings. The number of halogens is 1. The van der Waals surface area contributed by atoms with Gasteiger partial charge in [0.25, 0.3) is 5.91 Å². The van der Waals surface area contributed by atoms with Gasteiger partial charge in [-0.2, -0.15) is 0 Å². The second kappa shape index (κ2) is 7.25. The number of amides is 1. The van der Waals surface area contributed by atoms with Crippen molar-refractivity contribution < 1.29 is 13.2 Å². The number of aromatic nitrogens is 1. The number of anilines is 2. The third kappa shape index (κ3) is 4.16. The van der Waals surface area contributed by atoms with Crippen LogP contribution in [0, 0.1) is 6.92 Å². The highest BCUT2D eigenvalue weighted by Crippen LogP contribution is 2.24. The molecule has 6 nitrogen and oxygen atoms in total. The molecule has 1 aliphatic heterocycles. The van der Waals surface area contributed by atoms with E-state index in [4.69, 9.17) is 11.6 Å². The largest absolute Gasteiger partial charge is 0.354 e. The molecule has 26 heavy (non-hydrogen) atoms. The van der Waals surface area contributed by atoms with Gasteiger partial charge in [-0.1, -0.05) is 17.7 Å². The minimum Gasteiger partial charge on any atom is -0.354 e. The van der Waals surface area contributed by atoms with Gasteiger partial charge in [-0.3, -0.25) is 4.79 Å². The normalized spacial score (nSPS) is 18.5. The Morgan fingerprint density at radius 3 is 2.69 bits per heavy atom. The van der Waals surface area contributed by atoms with Crippen LogP contribution in [-0.4, -0.2) is 48.8 Å². The second-order valence-corrected chi connectivity index (χ2v) is 9.15. The van der Waals surface area contributed by atoms with Crippen molar-refractivity contribution in [3.8, 4) is 0 Å². The molecule has 1 aromatic carbocycles. The fraction of sp³-hybridized carbons (Fsp3) is 0.333. The summed E-state index contributed by atoms with van der Waals surface area (Å²) in [6.45, 7) is 1.97. The van der Waals surface area contributed by atoms with Crippen LogP contribution in [-0.2, 0) is 9.84 Å². The first-order valence-corrected chi connectivity index (χ1v) is 10.4. The Bertz CT molecular complexity index is 929. The molecule has 1 aliphatic rings.